The molecule has 134 valence electrons. The molecule has 1 aromatic carbocycles. The molecule has 0 saturated carbocycles. The Kier molecular flexibility index (Phi) is 5.34. The van der Waals surface area contributed by atoms with Crippen LogP contribution in [0.15, 0.2) is 12.1 Å². The quantitative estimate of drug-likeness (QED) is 0.841. The number of carbonyl (C=O) groups excluding carboxylic acids is 1. The minimum Gasteiger partial charge on any atom is -0.493 e. The van der Waals surface area contributed by atoms with Crippen LogP contribution in [0.2, 0.25) is 0 Å². The summed E-state index contributed by atoms with van der Waals surface area (Å²) in [5, 5.41) is 12.1. The van der Waals surface area contributed by atoms with E-state index in [4.69, 9.17) is 18.9 Å². The maximum atomic E-state index is 12.5. The van der Waals surface area contributed by atoms with Crippen molar-refractivity contribution in [1.82, 2.24) is 10.2 Å². The highest BCUT2D eigenvalue weighted by Crippen LogP contribution is 2.38. The molecule has 1 fully saturated rings. The molecule has 1 atom stereocenters. The van der Waals surface area contributed by atoms with Crippen molar-refractivity contribution in [2.45, 2.75) is 18.9 Å². The van der Waals surface area contributed by atoms with Crippen LogP contribution >= 0.6 is 11.3 Å². The zero-order chi connectivity index (χ0) is 17.8. The van der Waals surface area contributed by atoms with E-state index in [0.717, 1.165) is 24.5 Å². The fraction of sp³-hybridized carbons (Fsp3) is 0.438. The van der Waals surface area contributed by atoms with Gasteiger partial charge in [-0.2, -0.15) is 0 Å². The minimum atomic E-state index is -0.339. The van der Waals surface area contributed by atoms with Crippen LogP contribution in [0.5, 0.6) is 17.2 Å². The van der Waals surface area contributed by atoms with Gasteiger partial charge in [-0.25, -0.2) is 0 Å². The molecule has 1 aliphatic heterocycles. The Hall–Kier alpha value is -2.39. The van der Waals surface area contributed by atoms with Crippen LogP contribution < -0.4 is 19.5 Å². The van der Waals surface area contributed by atoms with Gasteiger partial charge in [-0.3, -0.25) is 10.1 Å². The largest absolute Gasteiger partial charge is 0.493 e. The Bertz CT molecular complexity index is 733. The molecule has 8 nitrogen and oxygen atoms in total. The molecule has 1 aliphatic rings. The number of hydrogen-bond acceptors (Lipinski definition) is 8. The summed E-state index contributed by atoms with van der Waals surface area (Å²) in [5.41, 5.74) is 0.364. The number of benzene rings is 1. The molecule has 0 spiro atoms. The van der Waals surface area contributed by atoms with Crippen LogP contribution in [0.3, 0.4) is 0 Å². The maximum Gasteiger partial charge on any atom is 0.257 e. The predicted molar refractivity (Wildman–Crippen MR) is 91.9 cm³/mol. The average Bonchev–Trinajstić information content (AvgIpc) is 3.31. The molecule has 0 aliphatic carbocycles. The molecule has 0 unspecified atom stereocenters. The first-order valence-electron chi connectivity index (χ1n) is 7.72. The molecule has 3 rings (SSSR count). The van der Waals surface area contributed by atoms with E-state index in [0.29, 0.717) is 27.9 Å². The van der Waals surface area contributed by atoms with Gasteiger partial charge in [-0.15, -0.1) is 10.2 Å². The molecule has 1 N–H and O–H groups in total. The lowest BCUT2D eigenvalue weighted by atomic mass is 10.1. The summed E-state index contributed by atoms with van der Waals surface area (Å²) in [5.74, 6) is 0.904. The van der Waals surface area contributed by atoms with Crippen LogP contribution in [0.25, 0.3) is 0 Å². The van der Waals surface area contributed by atoms with Crippen LogP contribution in [0.4, 0.5) is 5.13 Å². The maximum absolute atomic E-state index is 12.5. The Morgan fingerprint density at radius 1 is 1.20 bits per heavy atom. The highest BCUT2D eigenvalue weighted by Gasteiger charge is 2.23. The van der Waals surface area contributed by atoms with Crippen molar-refractivity contribution < 1.29 is 23.7 Å². The van der Waals surface area contributed by atoms with E-state index in [9.17, 15) is 4.79 Å². The fourth-order valence-corrected chi connectivity index (χ4v) is 3.39. The van der Waals surface area contributed by atoms with Gasteiger partial charge in [0.1, 0.15) is 11.1 Å². The normalized spacial score (nSPS) is 16.5. The van der Waals surface area contributed by atoms with Gasteiger partial charge in [0, 0.05) is 12.2 Å². The van der Waals surface area contributed by atoms with Crippen molar-refractivity contribution in [2.24, 2.45) is 0 Å². The lowest BCUT2D eigenvalue weighted by Gasteiger charge is -2.13. The number of anilines is 1. The molecular formula is C16H19N3O5S. The van der Waals surface area contributed by atoms with E-state index in [2.05, 4.69) is 15.5 Å². The first-order chi connectivity index (χ1) is 12.2. The number of rotatable bonds is 6. The third-order valence-electron chi connectivity index (χ3n) is 3.79. The molecule has 2 aromatic rings. The number of amides is 1. The first-order valence-corrected chi connectivity index (χ1v) is 8.54. The Balaban J connectivity index is 1.79. The number of ether oxygens (including phenoxy) is 4. The molecule has 25 heavy (non-hydrogen) atoms. The number of carbonyl (C=O) groups is 1. The molecule has 1 aromatic heterocycles. The SMILES string of the molecule is COc1cc(C(=O)Nc2nnc([C@H]3CCCO3)s2)cc(OC)c1OC. The number of hydrogen-bond donors (Lipinski definition) is 1. The van der Waals surface area contributed by atoms with E-state index in [1.807, 2.05) is 0 Å². The van der Waals surface area contributed by atoms with Gasteiger partial charge in [0.2, 0.25) is 10.9 Å². The first kappa shape index (κ1) is 17.4. The summed E-state index contributed by atoms with van der Waals surface area (Å²) in [6, 6.07) is 3.16. The number of aromatic nitrogens is 2. The zero-order valence-electron chi connectivity index (χ0n) is 14.2. The number of nitrogens with zero attached hydrogens (tertiary/aromatic N) is 2. The lowest BCUT2D eigenvalue weighted by Crippen LogP contribution is -2.12. The van der Waals surface area contributed by atoms with Crippen LogP contribution in [-0.4, -0.2) is 44.0 Å². The van der Waals surface area contributed by atoms with Crippen LogP contribution in [-0.2, 0) is 4.74 Å². The van der Waals surface area contributed by atoms with Gasteiger partial charge in [0.25, 0.3) is 5.91 Å². The lowest BCUT2D eigenvalue weighted by molar-refractivity contribution is 0.102. The third kappa shape index (κ3) is 3.67. The van der Waals surface area contributed by atoms with E-state index in [-0.39, 0.29) is 12.0 Å². The van der Waals surface area contributed by atoms with E-state index >= 15 is 0 Å². The van der Waals surface area contributed by atoms with E-state index in [1.165, 1.54) is 32.7 Å². The standard InChI is InChI=1S/C16H19N3O5S/c1-21-11-7-9(8-12(22-2)13(11)23-3)14(20)17-16-19-18-15(25-16)10-5-4-6-24-10/h7-8,10H,4-6H2,1-3H3,(H,17,19,20)/t10-/m1/s1. The van der Waals surface area contributed by atoms with Crippen LogP contribution in [0, 0.1) is 0 Å². The van der Waals surface area contributed by atoms with Gasteiger partial charge >= 0.3 is 0 Å². The Labute approximate surface area is 149 Å². The molecule has 0 radical (unpaired) electrons. The summed E-state index contributed by atoms with van der Waals surface area (Å²) in [4.78, 5) is 12.5. The highest BCUT2D eigenvalue weighted by molar-refractivity contribution is 7.15. The van der Waals surface area contributed by atoms with Crippen molar-refractivity contribution in [1.29, 1.82) is 0 Å². The second-order valence-corrected chi connectivity index (χ2v) is 6.32. The molecule has 0 bridgehead atoms. The molecule has 1 amide bonds. The van der Waals surface area contributed by atoms with Crippen molar-refractivity contribution in [3.05, 3.63) is 22.7 Å². The summed E-state index contributed by atoms with van der Waals surface area (Å²) >= 11 is 1.31. The zero-order valence-corrected chi connectivity index (χ0v) is 15.0. The van der Waals surface area contributed by atoms with Gasteiger partial charge in [-0.05, 0) is 25.0 Å². The Morgan fingerprint density at radius 3 is 2.48 bits per heavy atom. The van der Waals surface area contributed by atoms with Crippen molar-refractivity contribution in [3.63, 3.8) is 0 Å². The molecular weight excluding hydrogens is 346 g/mol. The second kappa shape index (κ2) is 7.66. The van der Waals surface area contributed by atoms with Crippen molar-refractivity contribution >= 4 is 22.4 Å². The van der Waals surface area contributed by atoms with Gasteiger partial charge in [0.05, 0.1) is 21.3 Å². The molecule has 1 saturated heterocycles. The fourth-order valence-electron chi connectivity index (χ4n) is 2.57. The topological polar surface area (TPSA) is 91.8 Å². The monoisotopic (exact) mass is 365 g/mol. The molecule has 2 heterocycles. The summed E-state index contributed by atoms with van der Waals surface area (Å²) < 4.78 is 21.4. The second-order valence-electron chi connectivity index (χ2n) is 5.32. The predicted octanol–water partition coefficient (Wildman–Crippen LogP) is 2.67. The summed E-state index contributed by atoms with van der Waals surface area (Å²) in [6.45, 7) is 0.734. The number of nitrogens with one attached hydrogen (secondary N) is 1. The van der Waals surface area contributed by atoms with E-state index < -0.39 is 0 Å². The molecule has 9 heteroatoms. The van der Waals surface area contributed by atoms with Crippen molar-refractivity contribution in [3.8, 4) is 17.2 Å². The van der Waals surface area contributed by atoms with E-state index in [1.54, 1.807) is 12.1 Å². The van der Waals surface area contributed by atoms with Gasteiger partial charge < -0.3 is 18.9 Å². The van der Waals surface area contributed by atoms with Crippen molar-refractivity contribution in [2.75, 3.05) is 33.3 Å². The summed E-state index contributed by atoms with van der Waals surface area (Å²) in [7, 11) is 4.50. The minimum absolute atomic E-state index is 0.0238. The van der Waals surface area contributed by atoms with Crippen LogP contribution in [0.1, 0.15) is 34.3 Å². The summed E-state index contributed by atoms with van der Waals surface area (Å²) in [6.07, 6.45) is 1.91. The van der Waals surface area contributed by atoms with Gasteiger partial charge in [0.15, 0.2) is 11.5 Å². The van der Waals surface area contributed by atoms with Gasteiger partial charge in [-0.1, -0.05) is 11.3 Å². The average molecular weight is 365 g/mol. The third-order valence-corrected chi connectivity index (χ3v) is 4.72. The highest BCUT2D eigenvalue weighted by atomic mass is 32.1. The number of methoxy groups -OCH3 is 3. The smallest absolute Gasteiger partial charge is 0.257 e. The Morgan fingerprint density at radius 2 is 1.92 bits per heavy atom.